The Labute approximate surface area is 169 Å². The lowest BCUT2D eigenvalue weighted by atomic mass is 9.84. The first-order valence-electron chi connectivity index (χ1n) is 9.79. The minimum Gasteiger partial charge on any atom is -0.337 e. The minimum absolute atomic E-state index is 0.107. The molecule has 1 aromatic heterocycles. The van der Waals surface area contributed by atoms with Crippen molar-refractivity contribution in [2.45, 2.75) is 38.6 Å². The number of ketones is 1. The molecule has 1 aliphatic carbocycles. The van der Waals surface area contributed by atoms with Crippen molar-refractivity contribution in [1.29, 1.82) is 0 Å². The summed E-state index contributed by atoms with van der Waals surface area (Å²) in [5.74, 6) is 0.184. The van der Waals surface area contributed by atoms with Crippen molar-refractivity contribution in [2.75, 3.05) is 5.32 Å². The average molecular weight is 395 g/mol. The van der Waals surface area contributed by atoms with Crippen LogP contribution in [0.1, 0.15) is 42.5 Å². The van der Waals surface area contributed by atoms with Crippen LogP contribution < -0.4 is 5.32 Å². The zero-order valence-corrected chi connectivity index (χ0v) is 16.4. The number of anilines is 1. The minimum atomic E-state index is -0.139. The van der Waals surface area contributed by atoms with Crippen LogP contribution in [0.15, 0.2) is 54.7 Å². The molecule has 3 aromatic rings. The monoisotopic (exact) mass is 394 g/mol. The number of Topliss-reactive ketones (excluding diaryl/α,β-unsaturated/α-hetero) is 1. The van der Waals surface area contributed by atoms with Gasteiger partial charge >= 0.3 is 0 Å². The van der Waals surface area contributed by atoms with E-state index in [1.165, 1.54) is 6.42 Å². The first-order valence-corrected chi connectivity index (χ1v) is 10.2. The number of nitrogens with zero attached hydrogens (tertiary/aromatic N) is 1. The molecular weight excluding hydrogens is 372 g/mol. The van der Waals surface area contributed by atoms with Gasteiger partial charge in [0, 0.05) is 39.3 Å². The Morgan fingerprint density at radius 2 is 1.71 bits per heavy atom. The van der Waals surface area contributed by atoms with Crippen LogP contribution in [0.4, 0.5) is 5.69 Å². The Kier molecular flexibility index (Phi) is 5.49. The summed E-state index contributed by atoms with van der Waals surface area (Å²) in [4.78, 5) is 25.7. The maximum Gasteiger partial charge on any atom is 0.244 e. The molecule has 1 saturated carbocycles. The van der Waals surface area contributed by atoms with Crippen molar-refractivity contribution in [3.05, 3.63) is 65.3 Å². The Morgan fingerprint density at radius 1 is 1.00 bits per heavy atom. The number of hydrogen-bond donors (Lipinski definition) is 1. The molecule has 0 unspecified atom stereocenters. The summed E-state index contributed by atoms with van der Waals surface area (Å²) in [6.45, 7) is 0.154. The third kappa shape index (κ3) is 3.97. The lowest BCUT2D eigenvalue weighted by Gasteiger charge is -2.19. The van der Waals surface area contributed by atoms with Gasteiger partial charge in [-0.1, -0.05) is 49.1 Å². The summed E-state index contributed by atoms with van der Waals surface area (Å²) in [5.41, 5.74) is 2.35. The highest BCUT2D eigenvalue weighted by Crippen LogP contribution is 2.30. The molecule has 1 aliphatic rings. The van der Waals surface area contributed by atoms with E-state index in [4.69, 9.17) is 11.6 Å². The highest BCUT2D eigenvalue weighted by Gasteiger charge is 2.25. The molecule has 1 N–H and O–H groups in total. The van der Waals surface area contributed by atoms with E-state index in [0.29, 0.717) is 10.7 Å². The SMILES string of the molecule is O=C(Cn1cc(C(=O)C2CCCCC2)c2ccccc21)Nc1ccc(Cl)cc1. The molecule has 4 rings (SSSR count). The molecule has 0 aliphatic heterocycles. The highest BCUT2D eigenvalue weighted by atomic mass is 35.5. The van der Waals surface area contributed by atoms with Gasteiger partial charge in [0.25, 0.3) is 0 Å². The van der Waals surface area contributed by atoms with Crippen molar-refractivity contribution >= 4 is 39.9 Å². The van der Waals surface area contributed by atoms with E-state index in [1.54, 1.807) is 24.3 Å². The molecule has 1 amide bonds. The maximum absolute atomic E-state index is 13.1. The van der Waals surface area contributed by atoms with E-state index in [9.17, 15) is 9.59 Å². The van der Waals surface area contributed by atoms with Crippen molar-refractivity contribution in [2.24, 2.45) is 5.92 Å². The van der Waals surface area contributed by atoms with Gasteiger partial charge in [0.15, 0.2) is 5.78 Å². The number of carbonyl (C=O) groups is 2. The first-order chi connectivity index (χ1) is 13.6. The number of para-hydroxylation sites is 1. The van der Waals surface area contributed by atoms with E-state index in [0.717, 1.165) is 42.1 Å². The van der Waals surface area contributed by atoms with Crippen molar-refractivity contribution < 1.29 is 9.59 Å². The number of nitrogens with one attached hydrogen (secondary N) is 1. The molecule has 1 fully saturated rings. The van der Waals surface area contributed by atoms with Crippen LogP contribution in [0.5, 0.6) is 0 Å². The molecule has 5 heteroatoms. The normalized spacial score (nSPS) is 14.9. The fourth-order valence-corrected chi connectivity index (χ4v) is 4.17. The largest absolute Gasteiger partial charge is 0.337 e. The van der Waals surface area contributed by atoms with Gasteiger partial charge in [0.1, 0.15) is 6.54 Å². The summed E-state index contributed by atoms with van der Waals surface area (Å²) in [6, 6.07) is 14.8. The number of fused-ring (bicyclic) bond motifs is 1. The Bertz CT molecular complexity index is 1000. The molecule has 0 spiro atoms. The van der Waals surface area contributed by atoms with Gasteiger partial charge in [0.05, 0.1) is 0 Å². The Hall–Kier alpha value is -2.59. The topological polar surface area (TPSA) is 51.1 Å². The predicted molar refractivity (Wildman–Crippen MR) is 113 cm³/mol. The Balaban J connectivity index is 1.58. The number of carbonyl (C=O) groups excluding carboxylic acids is 2. The summed E-state index contributed by atoms with van der Waals surface area (Å²) in [7, 11) is 0. The highest BCUT2D eigenvalue weighted by molar-refractivity contribution is 6.30. The quantitative estimate of drug-likeness (QED) is 0.564. The number of amides is 1. The average Bonchev–Trinajstić information content (AvgIpc) is 3.08. The predicted octanol–water partition coefficient (Wildman–Crippen LogP) is 5.70. The molecule has 4 nitrogen and oxygen atoms in total. The van der Waals surface area contributed by atoms with Crippen LogP contribution in [0.3, 0.4) is 0 Å². The summed E-state index contributed by atoms with van der Waals surface area (Å²) in [6.07, 6.45) is 7.25. The van der Waals surface area contributed by atoms with E-state index in [1.807, 2.05) is 35.0 Å². The van der Waals surface area contributed by atoms with Crippen LogP contribution in [0.25, 0.3) is 10.9 Å². The molecule has 0 atom stereocenters. The zero-order valence-electron chi connectivity index (χ0n) is 15.7. The van der Waals surface area contributed by atoms with Crippen molar-refractivity contribution in [3.8, 4) is 0 Å². The van der Waals surface area contributed by atoms with E-state index < -0.39 is 0 Å². The maximum atomic E-state index is 13.1. The molecule has 28 heavy (non-hydrogen) atoms. The van der Waals surface area contributed by atoms with Gasteiger partial charge in [-0.05, 0) is 43.2 Å². The zero-order chi connectivity index (χ0) is 19.5. The van der Waals surface area contributed by atoms with Crippen LogP contribution in [-0.2, 0) is 11.3 Å². The first kappa shape index (κ1) is 18.8. The fraction of sp³-hybridized carbons (Fsp3) is 0.304. The van der Waals surface area contributed by atoms with Crippen LogP contribution in [-0.4, -0.2) is 16.3 Å². The molecule has 144 valence electrons. The molecular formula is C23H23ClN2O2. The lowest BCUT2D eigenvalue weighted by molar-refractivity contribution is -0.116. The van der Waals surface area contributed by atoms with Gasteiger partial charge in [-0.2, -0.15) is 0 Å². The number of hydrogen-bond acceptors (Lipinski definition) is 2. The molecule has 0 saturated heterocycles. The van der Waals surface area contributed by atoms with Gasteiger partial charge in [0.2, 0.25) is 5.91 Å². The molecule has 1 heterocycles. The Morgan fingerprint density at radius 3 is 2.46 bits per heavy atom. The molecule has 0 bridgehead atoms. The second-order valence-corrected chi connectivity index (χ2v) is 7.88. The van der Waals surface area contributed by atoms with Gasteiger partial charge < -0.3 is 9.88 Å². The van der Waals surface area contributed by atoms with E-state index in [-0.39, 0.29) is 24.2 Å². The standard InChI is InChI=1S/C23H23ClN2O2/c24-17-10-12-18(13-11-17)25-22(27)15-26-14-20(19-8-4-5-9-21(19)26)23(28)16-6-2-1-3-7-16/h4-5,8-14,16H,1-3,6-7,15H2,(H,25,27). The molecule has 0 radical (unpaired) electrons. The second-order valence-electron chi connectivity index (χ2n) is 7.44. The van der Waals surface area contributed by atoms with Crippen molar-refractivity contribution in [1.82, 2.24) is 4.57 Å². The third-order valence-corrected chi connectivity index (χ3v) is 5.72. The van der Waals surface area contributed by atoms with Crippen LogP contribution >= 0.6 is 11.6 Å². The van der Waals surface area contributed by atoms with Crippen LogP contribution in [0.2, 0.25) is 5.02 Å². The van der Waals surface area contributed by atoms with Gasteiger partial charge in [-0.25, -0.2) is 0 Å². The van der Waals surface area contributed by atoms with Crippen LogP contribution in [0, 0.1) is 5.92 Å². The number of aromatic nitrogens is 1. The third-order valence-electron chi connectivity index (χ3n) is 5.47. The summed E-state index contributed by atoms with van der Waals surface area (Å²) < 4.78 is 1.87. The van der Waals surface area contributed by atoms with Gasteiger partial charge in [-0.3, -0.25) is 9.59 Å². The summed E-state index contributed by atoms with van der Waals surface area (Å²) >= 11 is 5.89. The van der Waals surface area contributed by atoms with E-state index >= 15 is 0 Å². The number of halogens is 1. The summed E-state index contributed by atoms with van der Waals surface area (Å²) in [5, 5.41) is 4.43. The van der Waals surface area contributed by atoms with Crippen molar-refractivity contribution in [3.63, 3.8) is 0 Å². The van der Waals surface area contributed by atoms with Gasteiger partial charge in [-0.15, -0.1) is 0 Å². The number of rotatable bonds is 5. The van der Waals surface area contributed by atoms with E-state index in [2.05, 4.69) is 5.32 Å². The molecule has 2 aromatic carbocycles. The number of benzene rings is 2. The fourth-order valence-electron chi connectivity index (χ4n) is 4.05. The second kappa shape index (κ2) is 8.19. The smallest absolute Gasteiger partial charge is 0.244 e. The lowest BCUT2D eigenvalue weighted by Crippen LogP contribution is -2.19.